The third-order valence-electron chi connectivity index (χ3n) is 6.18. The van der Waals surface area contributed by atoms with Crippen molar-refractivity contribution in [2.75, 3.05) is 49.9 Å². The van der Waals surface area contributed by atoms with Gasteiger partial charge in [0.2, 0.25) is 11.8 Å². The SMILES string of the molecule is CCSc1ccccc1N1CCN(CCCN2C(=O)CC(c3ccccc3)C2=O)CC1. The number of benzene rings is 2. The Morgan fingerprint density at radius 3 is 2.35 bits per heavy atom. The summed E-state index contributed by atoms with van der Waals surface area (Å²) in [6, 6.07) is 18.3. The van der Waals surface area contributed by atoms with Crippen LogP contribution in [-0.4, -0.2) is 66.6 Å². The van der Waals surface area contributed by atoms with Gasteiger partial charge >= 0.3 is 0 Å². The molecule has 6 heteroatoms. The predicted molar refractivity (Wildman–Crippen MR) is 127 cm³/mol. The molecule has 1 atom stereocenters. The van der Waals surface area contributed by atoms with Gasteiger partial charge < -0.3 is 4.90 Å². The van der Waals surface area contributed by atoms with Crippen LogP contribution >= 0.6 is 11.8 Å². The minimum atomic E-state index is -0.307. The number of imide groups is 1. The quantitative estimate of drug-likeness (QED) is 0.464. The number of rotatable bonds is 8. The summed E-state index contributed by atoms with van der Waals surface area (Å²) in [6.07, 6.45) is 1.14. The van der Waals surface area contributed by atoms with E-state index in [2.05, 4.69) is 41.0 Å². The molecular formula is C25H31N3O2S. The Kier molecular flexibility index (Phi) is 7.30. The van der Waals surface area contributed by atoms with Gasteiger partial charge in [-0.05, 0) is 36.4 Å². The maximum Gasteiger partial charge on any atom is 0.237 e. The largest absolute Gasteiger partial charge is 0.368 e. The zero-order chi connectivity index (χ0) is 21.6. The Morgan fingerprint density at radius 1 is 0.903 bits per heavy atom. The summed E-state index contributed by atoms with van der Waals surface area (Å²) in [5.74, 6) is 0.703. The molecule has 5 nitrogen and oxygen atoms in total. The van der Waals surface area contributed by atoms with Gasteiger partial charge in [-0.15, -0.1) is 11.8 Å². The van der Waals surface area contributed by atoms with Crippen LogP contribution in [0.3, 0.4) is 0 Å². The Morgan fingerprint density at radius 2 is 1.61 bits per heavy atom. The van der Waals surface area contributed by atoms with Crippen LogP contribution in [-0.2, 0) is 9.59 Å². The molecule has 2 aliphatic heterocycles. The number of carbonyl (C=O) groups excluding carboxylic acids is 2. The molecule has 31 heavy (non-hydrogen) atoms. The molecule has 0 saturated carbocycles. The van der Waals surface area contributed by atoms with E-state index in [9.17, 15) is 9.59 Å². The topological polar surface area (TPSA) is 43.9 Å². The summed E-state index contributed by atoms with van der Waals surface area (Å²) in [7, 11) is 0. The van der Waals surface area contributed by atoms with Gasteiger partial charge in [0.05, 0.1) is 11.6 Å². The molecule has 2 saturated heterocycles. The molecule has 0 aromatic heterocycles. The molecule has 2 aromatic carbocycles. The van der Waals surface area contributed by atoms with E-state index in [1.54, 1.807) is 0 Å². The van der Waals surface area contributed by atoms with Gasteiger partial charge in [0.15, 0.2) is 0 Å². The van der Waals surface area contributed by atoms with Gasteiger partial charge in [-0.3, -0.25) is 19.4 Å². The summed E-state index contributed by atoms with van der Waals surface area (Å²) < 4.78 is 0. The molecule has 2 aromatic rings. The van der Waals surface area contributed by atoms with E-state index >= 15 is 0 Å². The summed E-state index contributed by atoms with van der Waals surface area (Å²) in [5.41, 5.74) is 2.29. The standard InChI is InChI=1S/C25H31N3O2S/c1-2-31-23-12-7-6-11-22(23)27-17-15-26(16-18-27)13-8-14-28-24(29)19-21(25(28)30)20-9-4-3-5-10-20/h3-7,9-12,21H,2,8,13-19H2,1H3. The molecule has 0 radical (unpaired) electrons. The second-order valence-electron chi connectivity index (χ2n) is 8.13. The van der Waals surface area contributed by atoms with Crippen molar-refractivity contribution in [3.8, 4) is 0 Å². The van der Waals surface area contributed by atoms with Gasteiger partial charge in [0.1, 0.15) is 0 Å². The third kappa shape index (κ3) is 5.13. The number of carbonyl (C=O) groups is 2. The van der Waals surface area contributed by atoms with E-state index in [1.807, 2.05) is 42.1 Å². The van der Waals surface area contributed by atoms with Crippen LogP contribution in [0.5, 0.6) is 0 Å². The number of hydrogen-bond donors (Lipinski definition) is 0. The normalized spacial score (nSPS) is 20.0. The maximum absolute atomic E-state index is 12.8. The highest BCUT2D eigenvalue weighted by Crippen LogP contribution is 2.31. The van der Waals surface area contributed by atoms with Crippen LogP contribution in [0.1, 0.15) is 31.2 Å². The highest BCUT2D eigenvalue weighted by Gasteiger charge is 2.38. The first-order chi connectivity index (χ1) is 15.2. The Bertz CT molecular complexity index is 897. The van der Waals surface area contributed by atoms with Gasteiger partial charge in [-0.2, -0.15) is 0 Å². The van der Waals surface area contributed by atoms with E-state index in [0.717, 1.165) is 50.5 Å². The van der Waals surface area contributed by atoms with E-state index in [1.165, 1.54) is 15.5 Å². The summed E-state index contributed by atoms with van der Waals surface area (Å²) >= 11 is 1.90. The van der Waals surface area contributed by atoms with Crippen LogP contribution in [0.2, 0.25) is 0 Å². The maximum atomic E-state index is 12.8. The monoisotopic (exact) mass is 437 g/mol. The zero-order valence-corrected chi connectivity index (χ0v) is 19.0. The number of nitrogens with zero attached hydrogens (tertiary/aromatic N) is 3. The second-order valence-corrected chi connectivity index (χ2v) is 9.44. The molecule has 1 unspecified atom stereocenters. The summed E-state index contributed by atoms with van der Waals surface area (Å²) in [6.45, 7) is 7.69. The smallest absolute Gasteiger partial charge is 0.237 e. The van der Waals surface area contributed by atoms with Crippen molar-refractivity contribution in [1.82, 2.24) is 9.80 Å². The minimum Gasteiger partial charge on any atom is -0.368 e. The fourth-order valence-corrected chi connectivity index (χ4v) is 5.36. The zero-order valence-electron chi connectivity index (χ0n) is 18.2. The van der Waals surface area contributed by atoms with Crippen molar-refractivity contribution in [2.45, 2.75) is 30.6 Å². The van der Waals surface area contributed by atoms with Crippen LogP contribution in [0.4, 0.5) is 5.69 Å². The molecule has 2 aliphatic rings. The fourth-order valence-electron chi connectivity index (χ4n) is 4.52. The lowest BCUT2D eigenvalue weighted by Gasteiger charge is -2.37. The first-order valence-electron chi connectivity index (χ1n) is 11.3. The lowest BCUT2D eigenvalue weighted by Crippen LogP contribution is -2.47. The molecule has 0 spiro atoms. The number of thioether (sulfide) groups is 1. The first kappa shape index (κ1) is 21.9. The van der Waals surface area contributed by atoms with Gasteiger partial charge in [0, 0.05) is 44.0 Å². The number of likely N-dealkylation sites (tertiary alicyclic amines) is 1. The minimum absolute atomic E-state index is 0.0336. The highest BCUT2D eigenvalue weighted by molar-refractivity contribution is 7.99. The Labute approximate surface area is 189 Å². The molecule has 0 N–H and O–H groups in total. The predicted octanol–water partition coefficient (Wildman–Crippen LogP) is 3.85. The molecule has 2 heterocycles. The molecule has 4 rings (SSSR count). The van der Waals surface area contributed by atoms with Crippen LogP contribution < -0.4 is 4.90 Å². The molecular weight excluding hydrogens is 406 g/mol. The molecule has 164 valence electrons. The van der Waals surface area contributed by atoms with Gasteiger partial charge in [-0.1, -0.05) is 49.4 Å². The van der Waals surface area contributed by atoms with Crippen molar-refractivity contribution < 1.29 is 9.59 Å². The van der Waals surface area contributed by atoms with E-state index in [0.29, 0.717) is 13.0 Å². The van der Waals surface area contributed by atoms with E-state index < -0.39 is 0 Å². The van der Waals surface area contributed by atoms with Crippen LogP contribution in [0, 0.1) is 0 Å². The number of piperazine rings is 1. The second kappa shape index (κ2) is 10.3. The Balaban J connectivity index is 1.24. The number of anilines is 1. The number of para-hydroxylation sites is 1. The average Bonchev–Trinajstić information content (AvgIpc) is 3.09. The molecule has 2 amide bonds. The van der Waals surface area contributed by atoms with Gasteiger partial charge in [-0.25, -0.2) is 0 Å². The van der Waals surface area contributed by atoms with E-state index in [-0.39, 0.29) is 17.7 Å². The van der Waals surface area contributed by atoms with Crippen molar-refractivity contribution in [3.05, 3.63) is 60.2 Å². The Hall–Kier alpha value is -2.31. The fraction of sp³-hybridized carbons (Fsp3) is 0.440. The van der Waals surface area contributed by atoms with Crippen molar-refractivity contribution in [1.29, 1.82) is 0 Å². The van der Waals surface area contributed by atoms with Gasteiger partial charge in [0.25, 0.3) is 0 Å². The van der Waals surface area contributed by atoms with Crippen LogP contribution in [0.25, 0.3) is 0 Å². The molecule has 0 bridgehead atoms. The van der Waals surface area contributed by atoms with Crippen molar-refractivity contribution in [3.63, 3.8) is 0 Å². The van der Waals surface area contributed by atoms with Crippen molar-refractivity contribution in [2.24, 2.45) is 0 Å². The van der Waals surface area contributed by atoms with Crippen molar-refractivity contribution >= 4 is 29.3 Å². The lowest BCUT2D eigenvalue weighted by molar-refractivity contribution is -0.138. The number of hydrogen-bond acceptors (Lipinski definition) is 5. The van der Waals surface area contributed by atoms with E-state index in [4.69, 9.17) is 0 Å². The molecule has 2 fully saturated rings. The van der Waals surface area contributed by atoms with Crippen LogP contribution in [0.15, 0.2) is 59.5 Å². The number of amides is 2. The first-order valence-corrected chi connectivity index (χ1v) is 12.2. The average molecular weight is 438 g/mol. The highest BCUT2D eigenvalue weighted by atomic mass is 32.2. The molecule has 0 aliphatic carbocycles. The lowest BCUT2D eigenvalue weighted by atomic mass is 9.98. The third-order valence-corrected chi connectivity index (χ3v) is 7.12. The summed E-state index contributed by atoms with van der Waals surface area (Å²) in [4.78, 5) is 33.0. The summed E-state index contributed by atoms with van der Waals surface area (Å²) in [5, 5.41) is 0.